The molecule has 0 N–H and O–H groups in total. The third-order valence-electron chi connectivity index (χ3n) is 6.20. The van der Waals surface area contributed by atoms with Gasteiger partial charge < -0.3 is 9.16 Å². The molecule has 1 aromatic rings. The molecule has 1 heterocycles. The summed E-state index contributed by atoms with van der Waals surface area (Å²) in [6.07, 6.45) is -0.649. The summed E-state index contributed by atoms with van der Waals surface area (Å²) < 4.78 is 37.6. The second kappa shape index (κ2) is 9.41. The molecule has 0 radical (unpaired) electrons. The molecule has 7 nitrogen and oxygen atoms in total. The number of non-ortho nitro benzene ring substituents is 1. The number of nitrogens with zero attached hydrogens (tertiary/aromatic N) is 2. The second-order valence-electron chi connectivity index (χ2n) is 9.29. The second-order valence-corrected chi connectivity index (χ2v) is 10.7. The van der Waals surface area contributed by atoms with E-state index >= 15 is 0 Å². The number of likely N-dealkylation sites (tertiary alicyclic amines) is 1. The van der Waals surface area contributed by atoms with E-state index in [1.54, 1.807) is 0 Å². The van der Waals surface area contributed by atoms with Crippen LogP contribution in [0.1, 0.15) is 40.2 Å². The molecule has 0 aliphatic carbocycles. The van der Waals surface area contributed by atoms with Crippen LogP contribution in [0.15, 0.2) is 24.3 Å². The molecule has 2 rings (SSSR count). The highest BCUT2D eigenvalue weighted by molar-refractivity contribution is 7.99. The third-order valence-corrected chi connectivity index (χ3v) is 7.68. The summed E-state index contributed by atoms with van der Waals surface area (Å²) in [6.45, 7) is 10.3. The summed E-state index contributed by atoms with van der Waals surface area (Å²) in [5.41, 5.74) is -1.48. The number of carbonyl (C=O) groups is 1. The van der Waals surface area contributed by atoms with E-state index in [-0.39, 0.29) is 39.9 Å². The average Bonchev–Trinajstić information content (AvgIpc) is 2.92. The molecule has 1 aliphatic rings. The van der Waals surface area contributed by atoms with E-state index in [4.69, 9.17) is 9.16 Å². The summed E-state index contributed by atoms with van der Waals surface area (Å²) >= 11 is 0.457. The van der Waals surface area contributed by atoms with Gasteiger partial charge in [0, 0.05) is 29.8 Å². The number of thioether (sulfide) groups is 1. The monoisotopic (exact) mass is 476 g/mol. The molecule has 1 aliphatic heterocycles. The van der Waals surface area contributed by atoms with Gasteiger partial charge in [0.2, 0.25) is 0 Å². The van der Waals surface area contributed by atoms with Gasteiger partial charge in [-0.05, 0) is 29.0 Å². The Bertz CT molecular complexity index is 804. The Labute approximate surface area is 188 Å². The van der Waals surface area contributed by atoms with Crippen molar-refractivity contribution >= 4 is 34.0 Å². The quantitative estimate of drug-likeness (QED) is 0.334. The maximum Gasteiger partial charge on any atom is 0.412 e. The molecule has 2 atom stereocenters. The molecule has 0 unspecified atom stereocenters. The van der Waals surface area contributed by atoms with Crippen LogP contribution in [-0.2, 0) is 15.8 Å². The Morgan fingerprint density at radius 1 is 1.35 bits per heavy atom. The number of hydrogen-bond donors (Lipinski definition) is 0. The predicted octanol–water partition coefficient (Wildman–Crippen LogP) is 4.18. The lowest BCUT2D eigenvalue weighted by Crippen LogP contribution is -2.58. The first-order chi connectivity index (χ1) is 14.3. The standard InChI is InChI=1S/C20H30F2N2O5SSi/c1-18(2,3)15-10-23(20(29-31,19(15,4)5)12-30-16(21)22)17(25)28-11-13-6-8-14(9-7-13)24(26)27/h6-9,15-16H,10-12H2,1-5,31H3/t15-,20-/m1/s1. The number of alkyl halides is 2. The molecule has 1 amide bonds. The largest absolute Gasteiger partial charge is 0.444 e. The van der Waals surface area contributed by atoms with Crippen LogP contribution in [0, 0.1) is 26.9 Å². The molecule has 1 fully saturated rings. The highest BCUT2D eigenvalue weighted by Crippen LogP contribution is 2.56. The van der Waals surface area contributed by atoms with Crippen molar-refractivity contribution in [3.8, 4) is 0 Å². The van der Waals surface area contributed by atoms with Gasteiger partial charge in [-0.25, -0.2) is 4.79 Å². The van der Waals surface area contributed by atoms with Gasteiger partial charge in [-0.1, -0.05) is 46.4 Å². The lowest BCUT2D eigenvalue weighted by molar-refractivity contribution is -0.384. The molecule has 11 heteroatoms. The summed E-state index contributed by atoms with van der Waals surface area (Å²) in [6, 6.07) is 5.70. The van der Waals surface area contributed by atoms with Crippen LogP contribution in [-0.4, -0.2) is 50.2 Å². The molecule has 1 aromatic carbocycles. The molecule has 174 valence electrons. The number of amides is 1. The maximum absolute atomic E-state index is 13.1. The zero-order valence-electron chi connectivity index (χ0n) is 18.7. The zero-order valence-corrected chi connectivity index (χ0v) is 21.5. The first-order valence-electron chi connectivity index (χ1n) is 9.89. The number of carbonyl (C=O) groups excluding carboxylic acids is 1. The van der Waals surface area contributed by atoms with Gasteiger partial charge in [-0.15, -0.1) is 0 Å². The smallest absolute Gasteiger partial charge is 0.412 e. The van der Waals surface area contributed by atoms with Gasteiger partial charge in [0.05, 0.1) is 4.92 Å². The van der Waals surface area contributed by atoms with Crippen molar-refractivity contribution in [3.05, 3.63) is 39.9 Å². The van der Waals surface area contributed by atoms with Gasteiger partial charge >= 0.3 is 6.09 Å². The third kappa shape index (κ3) is 5.20. The highest BCUT2D eigenvalue weighted by Gasteiger charge is 2.64. The molecule has 0 spiro atoms. The molecule has 0 saturated carbocycles. The van der Waals surface area contributed by atoms with Crippen molar-refractivity contribution in [1.29, 1.82) is 0 Å². The van der Waals surface area contributed by atoms with Crippen LogP contribution >= 0.6 is 11.8 Å². The number of nitro groups is 1. The molecular weight excluding hydrogens is 446 g/mol. The van der Waals surface area contributed by atoms with Gasteiger partial charge in [-0.2, -0.15) is 8.78 Å². The van der Waals surface area contributed by atoms with Crippen molar-refractivity contribution in [1.82, 2.24) is 4.90 Å². The van der Waals surface area contributed by atoms with E-state index in [2.05, 4.69) is 20.8 Å². The summed E-state index contributed by atoms with van der Waals surface area (Å²) in [5.74, 6) is -2.67. The molecule has 0 aromatic heterocycles. The lowest BCUT2D eigenvalue weighted by atomic mass is 9.64. The first kappa shape index (κ1) is 25.5. The van der Waals surface area contributed by atoms with Crippen LogP contribution in [0.25, 0.3) is 0 Å². The summed E-state index contributed by atoms with van der Waals surface area (Å²) in [7, 11) is 0.254. The fourth-order valence-electron chi connectivity index (χ4n) is 4.57. The van der Waals surface area contributed by atoms with Crippen LogP contribution in [0.4, 0.5) is 19.3 Å². The van der Waals surface area contributed by atoms with E-state index in [9.17, 15) is 23.7 Å². The topological polar surface area (TPSA) is 81.9 Å². The highest BCUT2D eigenvalue weighted by atomic mass is 32.2. The number of rotatable bonds is 7. The molecule has 1 saturated heterocycles. The van der Waals surface area contributed by atoms with Crippen LogP contribution in [0.2, 0.25) is 0 Å². The summed E-state index contributed by atoms with van der Waals surface area (Å²) in [4.78, 5) is 24.8. The maximum atomic E-state index is 13.1. The van der Waals surface area contributed by atoms with Gasteiger partial charge in [0.15, 0.2) is 0 Å². The van der Waals surface area contributed by atoms with Crippen molar-refractivity contribution in [2.75, 3.05) is 12.3 Å². The van der Waals surface area contributed by atoms with E-state index in [0.29, 0.717) is 23.9 Å². The first-order valence-corrected chi connectivity index (χ1v) is 11.8. The normalized spacial score (nSPS) is 23.4. The molecule has 0 bridgehead atoms. The van der Waals surface area contributed by atoms with Crippen LogP contribution < -0.4 is 0 Å². The van der Waals surface area contributed by atoms with Crippen molar-refractivity contribution in [3.63, 3.8) is 0 Å². The Balaban J connectivity index is 2.28. The molecular formula is C20H30F2N2O5SSi. The number of hydrogen-bond acceptors (Lipinski definition) is 6. The average molecular weight is 477 g/mol. The number of halogens is 2. The van der Waals surface area contributed by atoms with Crippen molar-refractivity contribution in [2.24, 2.45) is 16.7 Å². The molecule has 31 heavy (non-hydrogen) atoms. The summed E-state index contributed by atoms with van der Waals surface area (Å²) in [5, 5.41) is 10.8. The SMILES string of the molecule is CC(C)(C)[C@H]1CN(C(=O)OCc2ccc([N+](=O)[O-])cc2)[C@](CSC(F)F)(O[SiH3])C1(C)C. The van der Waals surface area contributed by atoms with Crippen molar-refractivity contribution in [2.45, 2.75) is 52.7 Å². The Morgan fingerprint density at radius 3 is 2.39 bits per heavy atom. The Kier molecular flexibility index (Phi) is 7.75. The van der Waals surface area contributed by atoms with Crippen LogP contribution in [0.3, 0.4) is 0 Å². The fraction of sp³-hybridized carbons (Fsp3) is 0.650. The van der Waals surface area contributed by atoms with E-state index in [1.165, 1.54) is 29.2 Å². The number of benzene rings is 1. The minimum absolute atomic E-state index is 0.0147. The number of ether oxygens (including phenoxy) is 1. The van der Waals surface area contributed by atoms with Gasteiger partial charge in [0.25, 0.3) is 11.4 Å². The Morgan fingerprint density at radius 2 is 1.94 bits per heavy atom. The predicted molar refractivity (Wildman–Crippen MR) is 119 cm³/mol. The van der Waals surface area contributed by atoms with Crippen molar-refractivity contribution < 1.29 is 27.7 Å². The van der Waals surface area contributed by atoms with E-state index in [0.717, 1.165) is 0 Å². The minimum atomic E-state index is -2.59. The fourth-order valence-corrected chi connectivity index (χ4v) is 6.66. The van der Waals surface area contributed by atoms with Gasteiger partial charge in [0.1, 0.15) is 22.8 Å². The Hall–Kier alpha value is -1.72. The lowest BCUT2D eigenvalue weighted by Gasteiger charge is -2.48. The minimum Gasteiger partial charge on any atom is -0.444 e. The van der Waals surface area contributed by atoms with Gasteiger partial charge in [-0.3, -0.25) is 15.0 Å². The number of nitro benzene ring substituents is 1. The van der Waals surface area contributed by atoms with E-state index in [1.807, 2.05) is 13.8 Å². The zero-order chi connectivity index (χ0) is 23.6. The van der Waals surface area contributed by atoms with E-state index < -0.39 is 27.9 Å². The van der Waals surface area contributed by atoms with Crippen LogP contribution in [0.5, 0.6) is 0 Å².